The zero-order chi connectivity index (χ0) is 21.9. The van der Waals surface area contributed by atoms with Crippen LogP contribution in [0.4, 0.5) is 5.69 Å². The van der Waals surface area contributed by atoms with Crippen molar-refractivity contribution < 1.29 is 27.9 Å². The van der Waals surface area contributed by atoms with Gasteiger partial charge in [0.1, 0.15) is 11.3 Å². The van der Waals surface area contributed by atoms with Crippen LogP contribution in [0, 0.1) is 6.92 Å². The number of aryl methyl sites for hydroxylation is 1. The first-order valence-corrected chi connectivity index (χ1v) is 11.0. The lowest BCUT2D eigenvalue weighted by atomic mass is 10.1. The maximum absolute atomic E-state index is 12.5. The third-order valence-electron chi connectivity index (χ3n) is 4.94. The molecule has 0 aromatic heterocycles. The first kappa shape index (κ1) is 21.8. The monoisotopic (exact) mass is 432 g/mol. The molecule has 1 atom stereocenters. The molecule has 0 radical (unpaired) electrons. The number of esters is 1. The summed E-state index contributed by atoms with van der Waals surface area (Å²) < 4.78 is 31.7. The normalized spacial score (nSPS) is 15.5. The molecule has 1 saturated heterocycles. The van der Waals surface area contributed by atoms with Gasteiger partial charge >= 0.3 is 5.97 Å². The number of carbonyl (C=O) groups is 2. The Balaban J connectivity index is 1.62. The number of sulfonamides is 1. The minimum atomic E-state index is -3.53. The molecule has 0 bridgehead atoms. The number of aromatic hydroxyl groups is 1. The molecule has 3 rings (SSSR count). The molecule has 0 saturated carbocycles. The average Bonchev–Trinajstić information content (AvgIpc) is 3.26. The standard InChI is InChI=1S/C21H24N2O6S/c1-14-6-5-7-18(19(14)24)21(26)29-15(2)20(25)22-16-8-10-17(11-9-16)30(27,28)23-12-3-4-13-23/h5-11,15,24H,3-4,12-13H2,1-2H3,(H,22,25)/t15-/m1/s1. The average molecular weight is 432 g/mol. The van der Waals surface area contributed by atoms with Crippen molar-refractivity contribution in [2.24, 2.45) is 0 Å². The molecule has 0 unspecified atom stereocenters. The molecule has 0 spiro atoms. The fourth-order valence-corrected chi connectivity index (χ4v) is 4.65. The van der Waals surface area contributed by atoms with Crippen molar-refractivity contribution in [3.63, 3.8) is 0 Å². The van der Waals surface area contributed by atoms with Crippen LogP contribution in [0.1, 0.15) is 35.7 Å². The Hall–Kier alpha value is -2.91. The number of phenolic OH excluding ortho intramolecular Hbond substituents is 1. The van der Waals surface area contributed by atoms with Crippen molar-refractivity contribution >= 4 is 27.6 Å². The van der Waals surface area contributed by atoms with Crippen LogP contribution in [-0.4, -0.2) is 48.9 Å². The third kappa shape index (κ3) is 4.63. The number of phenols is 1. The molecule has 1 fully saturated rings. The Morgan fingerprint density at radius 1 is 1.10 bits per heavy atom. The van der Waals surface area contributed by atoms with Gasteiger partial charge in [0.15, 0.2) is 6.10 Å². The third-order valence-corrected chi connectivity index (χ3v) is 6.85. The molecular weight excluding hydrogens is 408 g/mol. The predicted octanol–water partition coefficient (Wildman–Crippen LogP) is 2.67. The summed E-state index contributed by atoms with van der Waals surface area (Å²) in [6, 6.07) is 10.5. The maximum atomic E-state index is 12.5. The summed E-state index contributed by atoms with van der Waals surface area (Å²) in [5.74, 6) is -1.58. The largest absolute Gasteiger partial charge is 0.507 e. The van der Waals surface area contributed by atoms with E-state index >= 15 is 0 Å². The highest BCUT2D eigenvalue weighted by atomic mass is 32.2. The molecule has 160 valence electrons. The SMILES string of the molecule is Cc1cccc(C(=O)O[C@H](C)C(=O)Nc2ccc(S(=O)(=O)N3CCCC3)cc2)c1O. The van der Waals surface area contributed by atoms with Crippen molar-refractivity contribution in [1.29, 1.82) is 0 Å². The lowest BCUT2D eigenvalue weighted by molar-refractivity contribution is -0.123. The van der Waals surface area contributed by atoms with Crippen LogP contribution in [0.5, 0.6) is 5.75 Å². The number of nitrogens with one attached hydrogen (secondary N) is 1. The maximum Gasteiger partial charge on any atom is 0.342 e. The summed E-state index contributed by atoms with van der Waals surface area (Å²) in [7, 11) is -3.53. The van der Waals surface area contributed by atoms with E-state index < -0.39 is 28.0 Å². The summed E-state index contributed by atoms with van der Waals surface area (Å²) in [6.07, 6.45) is 0.583. The summed E-state index contributed by atoms with van der Waals surface area (Å²) in [5, 5.41) is 12.6. The van der Waals surface area contributed by atoms with E-state index in [1.165, 1.54) is 41.6 Å². The highest BCUT2D eigenvalue weighted by molar-refractivity contribution is 7.89. The van der Waals surface area contributed by atoms with Gasteiger partial charge in [-0.15, -0.1) is 0 Å². The van der Waals surface area contributed by atoms with E-state index in [4.69, 9.17) is 4.74 Å². The van der Waals surface area contributed by atoms with Gasteiger partial charge in [0.2, 0.25) is 10.0 Å². The van der Waals surface area contributed by atoms with Gasteiger partial charge in [0, 0.05) is 18.8 Å². The van der Waals surface area contributed by atoms with Gasteiger partial charge in [-0.1, -0.05) is 12.1 Å². The summed E-state index contributed by atoms with van der Waals surface area (Å²) in [4.78, 5) is 24.7. The number of nitrogens with zero attached hydrogens (tertiary/aromatic N) is 1. The molecule has 1 amide bonds. The zero-order valence-corrected chi connectivity index (χ0v) is 17.6. The quantitative estimate of drug-likeness (QED) is 0.679. The van der Waals surface area contributed by atoms with Crippen LogP contribution in [0.15, 0.2) is 47.4 Å². The molecule has 1 aliphatic rings. The van der Waals surface area contributed by atoms with Gasteiger partial charge in [-0.3, -0.25) is 4.79 Å². The van der Waals surface area contributed by atoms with E-state index in [1.807, 2.05) is 0 Å². The second-order valence-corrected chi connectivity index (χ2v) is 9.08. The number of anilines is 1. The molecule has 2 N–H and O–H groups in total. The van der Waals surface area contributed by atoms with Crippen LogP contribution in [0.3, 0.4) is 0 Å². The lowest BCUT2D eigenvalue weighted by Gasteiger charge is -2.16. The number of para-hydroxylation sites is 1. The number of hydrogen-bond acceptors (Lipinski definition) is 6. The van der Waals surface area contributed by atoms with E-state index in [0.717, 1.165) is 12.8 Å². The number of ether oxygens (including phenoxy) is 1. The highest BCUT2D eigenvalue weighted by Crippen LogP contribution is 2.24. The Morgan fingerprint density at radius 3 is 2.37 bits per heavy atom. The van der Waals surface area contributed by atoms with Gasteiger partial charge < -0.3 is 15.2 Å². The molecule has 2 aromatic rings. The van der Waals surface area contributed by atoms with E-state index in [9.17, 15) is 23.1 Å². The Morgan fingerprint density at radius 2 is 1.73 bits per heavy atom. The Bertz CT molecular complexity index is 1040. The summed E-state index contributed by atoms with van der Waals surface area (Å²) >= 11 is 0. The molecule has 9 heteroatoms. The lowest BCUT2D eigenvalue weighted by Crippen LogP contribution is -2.30. The minimum Gasteiger partial charge on any atom is -0.507 e. The predicted molar refractivity (Wildman–Crippen MR) is 111 cm³/mol. The molecular formula is C21H24N2O6S. The number of amides is 1. The molecule has 30 heavy (non-hydrogen) atoms. The number of benzene rings is 2. The van der Waals surface area contributed by atoms with Gasteiger partial charge in [-0.25, -0.2) is 13.2 Å². The fourth-order valence-electron chi connectivity index (χ4n) is 3.13. The smallest absolute Gasteiger partial charge is 0.342 e. The van der Waals surface area contributed by atoms with Crippen LogP contribution in [-0.2, 0) is 19.6 Å². The van der Waals surface area contributed by atoms with Crippen LogP contribution >= 0.6 is 0 Å². The number of carbonyl (C=O) groups excluding carboxylic acids is 2. The highest BCUT2D eigenvalue weighted by Gasteiger charge is 2.27. The Labute approximate surface area is 175 Å². The number of rotatable bonds is 6. The first-order chi connectivity index (χ1) is 14.2. The van der Waals surface area contributed by atoms with Gasteiger partial charge in [0.25, 0.3) is 5.91 Å². The van der Waals surface area contributed by atoms with Crippen molar-refractivity contribution in [1.82, 2.24) is 4.31 Å². The van der Waals surface area contributed by atoms with Gasteiger partial charge in [0.05, 0.1) is 4.90 Å². The van der Waals surface area contributed by atoms with Gasteiger partial charge in [-0.2, -0.15) is 4.31 Å². The van der Waals surface area contributed by atoms with E-state index in [-0.39, 0.29) is 16.2 Å². The minimum absolute atomic E-state index is 0.0221. The van der Waals surface area contributed by atoms with Gasteiger partial charge in [-0.05, 0) is 62.6 Å². The van der Waals surface area contributed by atoms with Crippen molar-refractivity contribution in [3.05, 3.63) is 53.6 Å². The van der Waals surface area contributed by atoms with Crippen molar-refractivity contribution in [2.75, 3.05) is 18.4 Å². The van der Waals surface area contributed by atoms with Crippen molar-refractivity contribution in [3.8, 4) is 5.75 Å². The molecule has 8 nitrogen and oxygen atoms in total. The van der Waals surface area contributed by atoms with E-state index in [1.54, 1.807) is 19.1 Å². The fraction of sp³-hybridized carbons (Fsp3) is 0.333. The molecule has 0 aliphatic carbocycles. The van der Waals surface area contributed by atoms with E-state index in [0.29, 0.717) is 24.3 Å². The van der Waals surface area contributed by atoms with Crippen LogP contribution in [0.2, 0.25) is 0 Å². The zero-order valence-electron chi connectivity index (χ0n) is 16.8. The molecule has 1 heterocycles. The first-order valence-electron chi connectivity index (χ1n) is 9.61. The molecule has 2 aromatic carbocycles. The van der Waals surface area contributed by atoms with Crippen LogP contribution < -0.4 is 5.32 Å². The summed E-state index contributed by atoms with van der Waals surface area (Å²) in [6.45, 7) is 4.09. The topological polar surface area (TPSA) is 113 Å². The second-order valence-electron chi connectivity index (χ2n) is 7.14. The van der Waals surface area contributed by atoms with Crippen molar-refractivity contribution in [2.45, 2.75) is 37.7 Å². The number of hydrogen-bond donors (Lipinski definition) is 2. The summed E-state index contributed by atoms with van der Waals surface area (Å²) in [5.41, 5.74) is 0.873. The van der Waals surface area contributed by atoms with E-state index in [2.05, 4.69) is 5.32 Å². The second kappa shape index (κ2) is 8.85. The Kier molecular flexibility index (Phi) is 6.42. The molecule has 1 aliphatic heterocycles. The van der Waals surface area contributed by atoms with Crippen LogP contribution in [0.25, 0.3) is 0 Å².